The Morgan fingerprint density at radius 2 is 1.90 bits per heavy atom. The van der Waals surface area contributed by atoms with Gasteiger partial charge in [-0.25, -0.2) is 0 Å². The van der Waals surface area contributed by atoms with Crippen LogP contribution in [0.4, 0.5) is 0 Å². The molecule has 20 heavy (non-hydrogen) atoms. The minimum absolute atomic E-state index is 0.00110. The maximum absolute atomic E-state index is 12.7. The fraction of sp³-hybridized carbons (Fsp3) is 0.588. The summed E-state index contributed by atoms with van der Waals surface area (Å²) < 4.78 is 0. The number of carbonyl (C=O) groups is 1. The lowest BCUT2D eigenvalue weighted by molar-refractivity contribution is -0.125. The summed E-state index contributed by atoms with van der Waals surface area (Å²) in [7, 11) is 0. The molecule has 1 aliphatic carbocycles. The fourth-order valence-corrected chi connectivity index (χ4v) is 2.68. The second kappa shape index (κ2) is 5.57. The number of rotatable bonds is 5. The monoisotopic (exact) mass is 275 g/mol. The van der Waals surface area contributed by atoms with Gasteiger partial charge in [-0.1, -0.05) is 51.1 Å². The summed E-state index contributed by atoms with van der Waals surface area (Å²) >= 11 is 0. The highest BCUT2D eigenvalue weighted by Crippen LogP contribution is 2.48. The molecule has 1 atom stereocenters. The summed E-state index contributed by atoms with van der Waals surface area (Å²) in [5, 5.41) is 12.4. The molecule has 1 aromatic carbocycles. The Morgan fingerprint density at radius 3 is 2.35 bits per heavy atom. The van der Waals surface area contributed by atoms with Crippen LogP contribution in [0.2, 0.25) is 0 Å². The van der Waals surface area contributed by atoms with Gasteiger partial charge in [0.25, 0.3) is 0 Å². The third kappa shape index (κ3) is 3.04. The predicted octanol–water partition coefficient (Wildman–Crippen LogP) is 2.63. The number of aliphatic hydroxyl groups is 1. The smallest absolute Gasteiger partial charge is 0.230 e. The number of carbonyl (C=O) groups excluding carboxylic acids is 1. The molecule has 1 unspecified atom stereocenters. The largest absolute Gasteiger partial charge is 0.396 e. The number of benzene rings is 1. The Kier molecular flexibility index (Phi) is 4.19. The lowest BCUT2D eigenvalue weighted by Gasteiger charge is -2.32. The first-order chi connectivity index (χ1) is 9.40. The van der Waals surface area contributed by atoms with Crippen molar-refractivity contribution in [1.29, 1.82) is 0 Å². The SMILES string of the molecule is CC(C)(C)C(CCO)NC(=O)C1(c2ccccc2)CC1. The second-order valence-electron chi connectivity index (χ2n) is 6.85. The van der Waals surface area contributed by atoms with E-state index in [4.69, 9.17) is 0 Å². The molecule has 1 aromatic rings. The minimum atomic E-state index is -0.333. The molecular weight excluding hydrogens is 250 g/mol. The summed E-state index contributed by atoms with van der Waals surface area (Å²) in [6.07, 6.45) is 2.43. The first-order valence-electron chi connectivity index (χ1n) is 7.37. The van der Waals surface area contributed by atoms with E-state index in [1.54, 1.807) is 0 Å². The number of nitrogens with one attached hydrogen (secondary N) is 1. The molecule has 110 valence electrons. The van der Waals surface area contributed by atoms with Crippen molar-refractivity contribution in [2.75, 3.05) is 6.61 Å². The van der Waals surface area contributed by atoms with Crippen LogP contribution < -0.4 is 5.32 Å². The summed E-state index contributed by atoms with van der Waals surface area (Å²) in [5.74, 6) is 0.108. The fourth-order valence-electron chi connectivity index (χ4n) is 2.68. The molecule has 1 amide bonds. The quantitative estimate of drug-likeness (QED) is 0.868. The van der Waals surface area contributed by atoms with Crippen LogP contribution in [0.25, 0.3) is 0 Å². The average Bonchev–Trinajstić information content (AvgIpc) is 3.19. The third-order valence-corrected chi connectivity index (χ3v) is 4.28. The van der Waals surface area contributed by atoms with Crippen LogP contribution in [-0.4, -0.2) is 23.7 Å². The Balaban J connectivity index is 2.12. The van der Waals surface area contributed by atoms with E-state index in [1.165, 1.54) is 0 Å². The van der Waals surface area contributed by atoms with E-state index in [9.17, 15) is 9.90 Å². The average molecular weight is 275 g/mol. The van der Waals surface area contributed by atoms with Gasteiger partial charge in [-0.15, -0.1) is 0 Å². The van der Waals surface area contributed by atoms with Crippen molar-refractivity contribution >= 4 is 5.91 Å². The highest BCUT2D eigenvalue weighted by Gasteiger charge is 2.51. The van der Waals surface area contributed by atoms with Crippen molar-refractivity contribution in [2.24, 2.45) is 5.41 Å². The van der Waals surface area contributed by atoms with Crippen LogP contribution in [0.1, 0.15) is 45.6 Å². The van der Waals surface area contributed by atoms with Gasteiger partial charge in [0, 0.05) is 12.6 Å². The van der Waals surface area contributed by atoms with Crippen LogP contribution in [-0.2, 0) is 10.2 Å². The van der Waals surface area contributed by atoms with Crippen LogP contribution in [0.15, 0.2) is 30.3 Å². The van der Waals surface area contributed by atoms with Gasteiger partial charge in [0.1, 0.15) is 0 Å². The van der Waals surface area contributed by atoms with E-state index in [-0.39, 0.29) is 29.4 Å². The van der Waals surface area contributed by atoms with E-state index >= 15 is 0 Å². The Bertz CT molecular complexity index is 458. The van der Waals surface area contributed by atoms with Gasteiger partial charge in [-0.2, -0.15) is 0 Å². The summed E-state index contributed by atoms with van der Waals surface area (Å²) in [6, 6.07) is 10.0. The molecule has 3 heteroatoms. The number of aliphatic hydroxyl groups excluding tert-OH is 1. The topological polar surface area (TPSA) is 49.3 Å². The molecule has 0 radical (unpaired) electrons. The summed E-state index contributed by atoms with van der Waals surface area (Å²) in [6.45, 7) is 6.38. The van der Waals surface area contributed by atoms with E-state index in [2.05, 4.69) is 26.1 Å². The molecule has 3 nitrogen and oxygen atoms in total. The maximum atomic E-state index is 12.7. The summed E-state index contributed by atoms with van der Waals surface area (Å²) in [5.41, 5.74) is 0.722. The predicted molar refractivity (Wildman–Crippen MR) is 80.4 cm³/mol. The molecule has 1 aliphatic rings. The first-order valence-corrected chi connectivity index (χ1v) is 7.37. The van der Waals surface area contributed by atoms with E-state index in [1.807, 2.05) is 30.3 Å². The van der Waals surface area contributed by atoms with Crippen LogP contribution in [0, 0.1) is 5.41 Å². The molecule has 2 N–H and O–H groups in total. The molecule has 0 aliphatic heterocycles. The molecule has 0 heterocycles. The van der Waals surface area contributed by atoms with Crippen molar-refractivity contribution in [2.45, 2.75) is 51.5 Å². The van der Waals surface area contributed by atoms with E-state index < -0.39 is 0 Å². The van der Waals surface area contributed by atoms with Gasteiger partial charge in [0.2, 0.25) is 5.91 Å². The highest BCUT2D eigenvalue weighted by atomic mass is 16.3. The van der Waals surface area contributed by atoms with Crippen molar-refractivity contribution in [3.63, 3.8) is 0 Å². The maximum Gasteiger partial charge on any atom is 0.230 e. The van der Waals surface area contributed by atoms with Gasteiger partial charge in [-0.3, -0.25) is 4.79 Å². The van der Waals surface area contributed by atoms with Crippen molar-refractivity contribution in [3.05, 3.63) is 35.9 Å². The lowest BCUT2D eigenvalue weighted by Crippen LogP contribution is -2.48. The summed E-state index contributed by atoms with van der Waals surface area (Å²) in [4.78, 5) is 12.7. The second-order valence-corrected chi connectivity index (χ2v) is 6.85. The first kappa shape index (κ1) is 15.0. The van der Waals surface area contributed by atoms with Crippen LogP contribution in [0.5, 0.6) is 0 Å². The van der Waals surface area contributed by atoms with Crippen LogP contribution >= 0.6 is 0 Å². The number of hydrogen-bond donors (Lipinski definition) is 2. The Morgan fingerprint density at radius 1 is 1.30 bits per heavy atom. The van der Waals surface area contributed by atoms with E-state index in [0.29, 0.717) is 6.42 Å². The normalized spacial score (nSPS) is 18.4. The van der Waals surface area contributed by atoms with Gasteiger partial charge < -0.3 is 10.4 Å². The Labute approximate surface area is 121 Å². The molecule has 2 rings (SSSR count). The molecule has 0 aromatic heterocycles. The number of hydrogen-bond acceptors (Lipinski definition) is 2. The molecular formula is C17H25NO2. The Hall–Kier alpha value is -1.35. The molecule has 0 spiro atoms. The zero-order valence-corrected chi connectivity index (χ0v) is 12.6. The van der Waals surface area contributed by atoms with Crippen molar-refractivity contribution in [1.82, 2.24) is 5.32 Å². The molecule has 1 saturated carbocycles. The number of amides is 1. The van der Waals surface area contributed by atoms with Crippen molar-refractivity contribution < 1.29 is 9.90 Å². The van der Waals surface area contributed by atoms with Gasteiger partial charge in [0.05, 0.1) is 5.41 Å². The van der Waals surface area contributed by atoms with Gasteiger partial charge in [0.15, 0.2) is 0 Å². The highest BCUT2D eigenvalue weighted by molar-refractivity contribution is 5.91. The zero-order valence-electron chi connectivity index (χ0n) is 12.6. The molecule has 1 fully saturated rings. The van der Waals surface area contributed by atoms with Crippen LogP contribution in [0.3, 0.4) is 0 Å². The van der Waals surface area contributed by atoms with Gasteiger partial charge in [-0.05, 0) is 30.2 Å². The molecule has 0 saturated heterocycles. The lowest BCUT2D eigenvalue weighted by atomic mass is 9.84. The van der Waals surface area contributed by atoms with E-state index in [0.717, 1.165) is 18.4 Å². The minimum Gasteiger partial charge on any atom is -0.396 e. The standard InChI is InChI=1S/C17H25NO2/c1-16(2,3)14(9-12-19)18-15(20)17(10-11-17)13-7-5-4-6-8-13/h4-8,14,19H,9-12H2,1-3H3,(H,18,20). The van der Waals surface area contributed by atoms with Crippen molar-refractivity contribution in [3.8, 4) is 0 Å². The third-order valence-electron chi connectivity index (χ3n) is 4.28. The zero-order chi connectivity index (χ0) is 14.8. The van der Waals surface area contributed by atoms with Gasteiger partial charge >= 0.3 is 0 Å². The molecule has 0 bridgehead atoms.